The smallest absolute Gasteiger partial charge is 0.254 e. The van der Waals surface area contributed by atoms with Crippen LogP contribution in [0.1, 0.15) is 73.9 Å². The number of allylic oxidation sites excluding steroid dienone is 2. The maximum absolute atomic E-state index is 14.1. The molecule has 1 unspecified atom stereocenters. The van der Waals surface area contributed by atoms with Gasteiger partial charge in [0.25, 0.3) is 5.91 Å². The lowest BCUT2D eigenvalue weighted by Crippen LogP contribution is -2.48. The highest BCUT2D eigenvalue weighted by Crippen LogP contribution is 2.25. The molecule has 7 nitrogen and oxygen atoms in total. The van der Waals surface area contributed by atoms with Gasteiger partial charge in [0.15, 0.2) is 0 Å². The van der Waals surface area contributed by atoms with Crippen LogP contribution in [-0.4, -0.2) is 91.6 Å². The number of benzene rings is 1. The fourth-order valence-electron chi connectivity index (χ4n) is 5.87. The number of hydrogen-bond donors (Lipinski definition) is 1. The maximum Gasteiger partial charge on any atom is 0.254 e. The summed E-state index contributed by atoms with van der Waals surface area (Å²) in [6.07, 6.45) is 11.7. The number of amides is 1. The van der Waals surface area contributed by atoms with E-state index in [4.69, 9.17) is 9.98 Å². The van der Waals surface area contributed by atoms with Crippen molar-refractivity contribution >= 4 is 17.5 Å². The van der Waals surface area contributed by atoms with Gasteiger partial charge in [0, 0.05) is 63.8 Å². The summed E-state index contributed by atoms with van der Waals surface area (Å²) in [6, 6.07) is 6.34. The van der Waals surface area contributed by atoms with Crippen LogP contribution in [0.5, 0.6) is 0 Å². The van der Waals surface area contributed by atoms with Crippen molar-refractivity contribution < 1.29 is 4.79 Å². The fraction of sp³-hybridized carbons (Fsp3) is 0.594. The van der Waals surface area contributed by atoms with Gasteiger partial charge in [-0.05, 0) is 96.0 Å². The normalized spacial score (nSPS) is 27.8. The van der Waals surface area contributed by atoms with Gasteiger partial charge in [-0.15, -0.1) is 0 Å². The summed E-state index contributed by atoms with van der Waals surface area (Å²) in [5.41, 5.74) is 6.21. The lowest BCUT2D eigenvalue weighted by atomic mass is 9.94. The third kappa shape index (κ3) is 7.59. The molecule has 4 rings (SSSR count). The molecule has 0 aliphatic carbocycles. The van der Waals surface area contributed by atoms with Crippen LogP contribution in [0, 0.1) is 6.92 Å². The molecule has 3 aliphatic rings. The highest BCUT2D eigenvalue weighted by molar-refractivity contribution is 6.05. The predicted molar refractivity (Wildman–Crippen MR) is 163 cm³/mol. The lowest BCUT2D eigenvalue weighted by molar-refractivity contribution is 0.0680. The number of piperidine rings is 1. The van der Waals surface area contributed by atoms with Crippen LogP contribution in [0.4, 0.5) is 0 Å². The Kier molecular flexibility index (Phi) is 10.4. The summed E-state index contributed by atoms with van der Waals surface area (Å²) < 4.78 is 0. The average molecular weight is 533 g/mol. The summed E-state index contributed by atoms with van der Waals surface area (Å²) in [7, 11) is 4.01. The molecule has 0 bridgehead atoms. The molecule has 1 aromatic carbocycles. The van der Waals surface area contributed by atoms with Gasteiger partial charge in [-0.2, -0.15) is 0 Å². The van der Waals surface area contributed by atoms with Gasteiger partial charge in [0.1, 0.15) is 5.84 Å². The molecule has 3 aliphatic heterocycles. The monoisotopic (exact) mass is 532 g/mol. The van der Waals surface area contributed by atoms with Gasteiger partial charge in [0.05, 0.1) is 11.8 Å². The second-order valence-corrected chi connectivity index (χ2v) is 11.3. The Morgan fingerprint density at radius 2 is 1.72 bits per heavy atom. The molecule has 1 N–H and O–H groups in total. The maximum atomic E-state index is 14.1. The second-order valence-electron chi connectivity index (χ2n) is 11.3. The minimum absolute atomic E-state index is 0.0304. The first-order chi connectivity index (χ1) is 18.9. The standard InChI is InChI=1S/C32H48N6O/c1-24-13-14-27-11-10-15-34-16-20-36(5)26(3)23-31(37-17-8-9-18-37)35-25(2)22-29(33-4)30-12-6-7-19-38(30)32(39)28(27)21-24/h13-14,21-23,30,34H,6-12,15-20H2,1-5H3/b25-22+,26-23+,33-29+,35-31+. The van der Waals surface area contributed by atoms with E-state index in [0.29, 0.717) is 0 Å². The highest BCUT2D eigenvalue weighted by atomic mass is 16.2. The molecule has 1 atom stereocenters. The van der Waals surface area contributed by atoms with Gasteiger partial charge in [0.2, 0.25) is 0 Å². The van der Waals surface area contributed by atoms with Gasteiger partial charge < -0.3 is 20.0 Å². The van der Waals surface area contributed by atoms with Crippen molar-refractivity contribution in [3.63, 3.8) is 0 Å². The zero-order chi connectivity index (χ0) is 27.8. The van der Waals surface area contributed by atoms with Gasteiger partial charge in [-0.3, -0.25) is 9.79 Å². The van der Waals surface area contributed by atoms with E-state index in [1.54, 1.807) is 0 Å². The quantitative estimate of drug-likeness (QED) is 0.520. The summed E-state index contributed by atoms with van der Waals surface area (Å²) in [5.74, 6) is 1.16. The van der Waals surface area contributed by atoms with Crippen LogP contribution in [-0.2, 0) is 6.42 Å². The van der Waals surface area contributed by atoms with E-state index < -0.39 is 0 Å². The first-order valence-corrected chi connectivity index (χ1v) is 14.9. The fourth-order valence-corrected chi connectivity index (χ4v) is 5.87. The van der Waals surface area contributed by atoms with Gasteiger partial charge in [-0.25, -0.2) is 4.99 Å². The van der Waals surface area contributed by atoms with Crippen molar-refractivity contribution in [1.82, 2.24) is 20.0 Å². The van der Waals surface area contributed by atoms with E-state index in [2.05, 4.69) is 78.2 Å². The van der Waals surface area contributed by atoms with Crippen molar-refractivity contribution in [2.75, 3.05) is 53.4 Å². The molecule has 212 valence electrons. The summed E-state index contributed by atoms with van der Waals surface area (Å²) in [6.45, 7) is 11.9. The molecular formula is C32H48N6O. The molecule has 0 aromatic heterocycles. The Balaban J connectivity index is 1.73. The Labute approximate surface area is 235 Å². The Hall–Kier alpha value is -2.93. The Morgan fingerprint density at radius 1 is 0.949 bits per heavy atom. The van der Waals surface area contributed by atoms with Crippen LogP contribution >= 0.6 is 0 Å². The zero-order valence-corrected chi connectivity index (χ0v) is 24.8. The molecule has 0 saturated carbocycles. The molecule has 3 heterocycles. The van der Waals surface area contributed by atoms with Crippen LogP contribution < -0.4 is 5.32 Å². The zero-order valence-electron chi connectivity index (χ0n) is 24.8. The van der Waals surface area contributed by atoms with Crippen LogP contribution in [0.25, 0.3) is 0 Å². The minimum atomic E-state index is -0.0304. The van der Waals surface area contributed by atoms with Crippen LogP contribution in [0.15, 0.2) is 51.7 Å². The minimum Gasteiger partial charge on any atom is -0.377 e. The number of aryl methyl sites for hydroxylation is 2. The summed E-state index contributed by atoms with van der Waals surface area (Å²) >= 11 is 0. The van der Waals surface area contributed by atoms with E-state index in [0.717, 1.165) is 105 Å². The van der Waals surface area contributed by atoms with E-state index in [9.17, 15) is 4.79 Å². The van der Waals surface area contributed by atoms with E-state index in [1.807, 2.05) is 7.05 Å². The first-order valence-electron chi connectivity index (χ1n) is 14.9. The van der Waals surface area contributed by atoms with Gasteiger partial charge in [-0.1, -0.05) is 17.7 Å². The third-order valence-corrected chi connectivity index (χ3v) is 8.30. The molecule has 0 spiro atoms. The van der Waals surface area contributed by atoms with Crippen molar-refractivity contribution in [1.29, 1.82) is 0 Å². The summed E-state index contributed by atoms with van der Waals surface area (Å²) in [4.78, 5) is 30.7. The topological polar surface area (TPSA) is 63.5 Å². The predicted octanol–water partition coefficient (Wildman–Crippen LogP) is 4.83. The average Bonchev–Trinajstić information content (AvgIpc) is 3.48. The van der Waals surface area contributed by atoms with E-state index in [-0.39, 0.29) is 11.9 Å². The van der Waals surface area contributed by atoms with Crippen LogP contribution in [0.2, 0.25) is 0 Å². The van der Waals surface area contributed by atoms with Crippen molar-refractivity contribution in [3.05, 3.63) is 58.4 Å². The number of rotatable bonds is 0. The number of nitrogens with zero attached hydrogens (tertiary/aromatic N) is 5. The molecule has 39 heavy (non-hydrogen) atoms. The number of likely N-dealkylation sites (tertiary alicyclic amines) is 1. The molecule has 7 heteroatoms. The Morgan fingerprint density at radius 3 is 2.49 bits per heavy atom. The lowest BCUT2D eigenvalue weighted by Gasteiger charge is -2.36. The molecule has 1 amide bonds. The van der Waals surface area contributed by atoms with E-state index >= 15 is 0 Å². The molecular weight excluding hydrogens is 484 g/mol. The number of fused-ring (bicyclic) bond motifs is 2. The largest absolute Gasteiger partial charge is 0.377 e. The molecule has 2 fully saturated rings. The number of carbonyl (C=O) groups excluding carboxylic acids is 1. The number of hydrogen-bond acceptors (Lipinski definition) is 6. The first kappa shape index (κ1) is 29.1. The Bertz CT molecular complexity index is 1130. The number of likely N-dealkylation sites (N-methyl/N-ethyl adjacent to an activating group) is 1. The van der Waals surface area contributed by atoms with Crippen LogP contribution in [0.3, 0.4) is 0 Å². The SMILES string of the molecule is C\N=C1/C=C(C)/N=C(N2CCCC2)\C=C(/C)N(C)CCNCCCc2ccc(C)cc2C(=O)N2CCCCC12. The highest BCUT2D eigenvalue weighted by Gasteiger charge is 2.31. The molecule has 2 saturated heterocycles. The number of carbonyl (C=O) groups is 1. The third-order valence-electron chi connectivity index (χ3n) is 8.30. The second kappa shape index (κ2) is 13.9. The summed E-state index contributed by atoms with van der Waals surface area (Å²) in [5, 5.41) is 3.61. The molecule has 1 aromatic rings. The van der Waals surface area contributed by atoms with Gasteiger partial charge >= 0.3 is 0 Å². The number of aliphatic imine (C=N–C) groups is 2. The van der Waals surface area contributed by atoms with Crippen molar-refractivity contribution in [3.8, 4) is 0 Å². The number of amidine groups is 1. The number of nitrogens with one attached hydrogen (secondary N) is 1. The van der Waals surface area contributed by atoms with Crippen molar-refractivity contribution in [2.45, 2.75) is 71.8 Å². The van der Waals surface area contributed by atoms with E-state index in [1.165, 1.54) is 18.5 Å². The van der Waals surface area contributed by atoms with Crippen molar-refractivity contribution in [2.24, 2.45) is 9.98 Å². The molecule has 0 radical (unpaired) electrons.